The van der Waals surface area contributed by atoms with E-state index in [1.54, 1.807) is 0 Å². The van der Waals surface area contributed by atoms with Crippen LogP contribution >= 0.6 is 0 Å². The summed E-state index contributed by atoms with van der Waals surface area (Å²) in [7, 11) is 0. The van der Waals surface area contributed by atoms with E-state index in [4.69, 9.17) is 0 Å². The van der Waals surface area contributed by atoms with Gasteiger partial charge in [-0.15, -0.1) is 0 Å². The van der Waals surface area contributed by atoms with Gasteiger partial charge in [-0.25, -0.2) is 4.98 Å². The van der Waals surface area contributed by atoms with Gasteiger partial charge in [-0.05, 0) is 5.56 Å². The largest absolute Gasteiger partial charge is 0.354 e. The van der Waals surface area contributed by atoms with Crippen molar-refractivity contribution < 1.29 is 4.79 Å². The summed E-state index contributed by atoms with van der Waals surface area (Å²) < 4.78 is 1.50. The summed E-state index contributed by atoms with van der Waals surface area (Å²) in [6, 6.07) is 20.6. The molecule has 1 aromatic heterocycles. The van der Waals surface area contributed by atoms with E-state index in [1.807, 2.05) is 60.7 Å². The highest BCUT2D eigenvalue weighted by Gasteiger charge is 2.05. The van der Waals surface area contributed by atoms with Crippen molar-refractivity contribution in [2.24, 2.45) is 0 Å². The van der Waals surface area contributed by atoms with Crippen molar-refractivity contribution in [1.82, 2.24) is 14.9 Å². The topological polar surface area (TPSA) is 64.0 Å². The maximum absolute atomic E-state index is 12.2. The average molecular weight is 333 g/mol. The molecule has 0 atom stereocenters. The molecule has 0 radical (unpaired) electrons. The van der Waals surface area contributed by atoms with Crippen LogP contribution in [0.15, 0.2) is 77.9 Å². The van der Waals surface area contributed by atoms with Crippen LogP contribution in [0.3, 0.4) is 0 Å². The second-order valence-corrected chi connectivity index (χ2v) is 5.68. The Morgan fingerprint density at radius 1 is 1.00 bits per heavy atom. The van der Waals surface area contributed by atoms with E-state index in [2.05, 4.69) is 10.3 Å². The number of hydrogen-bond acceptors (Lipinski definition) is 3. The van der Waals surface area contributed by atoms with Gasteiger partial charge in [0, 0.05) is 24.7 Å². The predicted octanol–water partition coefficient (Wildman–Crippen LogP) is 2.27. The fraction of sp³-hybridized carbons (Fsp3) is 0.150. The first-order valence-corrected chi connectivity index (χ1v) is 8.15. The van der Waals surface area contributed by atoms with E-state index < -0.39 is 0 Å². The van der Waals surface area contributed by atoms with E-state index in [0.29, 0.717) is 25.2 Å². The molecule has 25 heavy (non-hydrogen) atoms. The minimum absolute atomic E-state index is 0.0619. The number of rotatable bonds is 6. The third-order valence-corrected chi connectivity index (χ3v) is 3.83. The molecule has 1 N–H and O–H groups in total. The molecule has 1 heterocycles. The maximum atomic E-state index is 12.2. The SMILES string of the molecule is O=C(Cc1ccccc1)NCCn1cnc(-c2ccccc2)cc1=O. The van der Waals surface area contributed by atoms with Gasteiger partial charge in [0.05, 0.1) is 18.4 Å². The van der Waals surface area contributed by atoms with E-state index in [9.17, 15) is 9.59 Å². The van der Waals surface area contributed by atoms with Crippen molar-refractivity contribution >= 4 is 5.91 Å². The van der Waals surface area contributed by atoms with Crippen molar-refractivity contribution in [1.29, 1.82) is 0 Å². The first-order chi connectivity index (χ1) is 12.2. The Morgan fingerprint density at radius 2 is 1.68 bits per heavy atom. The Labute approximate surface area is 146 Å². The van der Waals surface area contributed by atoms with Crippen LogP contribution in [-0.2, 0) is 17.8 Å². The zero-order valence-electron chi connectivity index (χ0n) is 13.8. The quantitative estimate of drug-likeness (QED) is 0.753. The van der Waals surface area contributed by atoms with Crippen LogP contribution in [0.5, 0.6) is 0 Å². The van der Waals surface area contributed by atoms with Crippen LogP contribution in [0.1, 0.15) is 5.56 Å². The summed E-state index contributed by atoms with van der Waals surface area (Å²) in [6.07, 6.45) is 1.86. The molecule has 0 saturated heterocycles. The first-order valence-electron chi connectivity index (χ1n) is 8.15. The predicted molar refractivity (Wildman–Crippen MR) is 97.1 cm³/mol. The lowest BCUT2D eigenvalue weighted by atomic mass is 10.1. The molecule has 1 amide bonds. The number of amides is 1. The molecule has 0 bridgehead atoms. The standard InChI is InChI=1S/C20H19N3O2/c24-19(13-16-7-3-1-4-8-16)21-11-12-23-15-22-18(14-20(23)25)17-9-5-2-6-10-17/h1-10,14-15H,11-13H2,(H,21,24). The normalized spacial score (nSPS) is 10.4. The highest BCUT2D eigenvalue weighted by atomic mass is 16.1. The summed E-state index contributed by atoms with van der Waals surface area (Å²) in [5, 5.41) is 2.83. The van der Waals surface area contributed by atoms with Crippen LogP contribution < -0.4 is 10.9 Å². The minimum atomic E-state index is -0.133. The Balaban J connectivity index is 1.55. The summed E-state index contributed by atoms with van der Waals surface area (Å²) in [5.74, 6) is -0.0619. The third-order valence-electron chi connectivity index (χ3n) is 3.83. The van der Waals surface area contributed by atoms with Gasteiger partial charge < -0.3 is 5.32 Å². The molecule has 5 heteroatoms. The van der Waals surface area contributed by atoms with Gasteiger partial charge in [-0.3, -0.25) is 14.2 Å². The molecule has 5 nitrogen and oxygen atoms in total. The van der Waals surface area contributed by atoms with Crippen LogP contribution in [0, 0.1) is 0 Å². The van der Waals surface area contributed by atoms with Crippen molar-refractivity contribution in [3.63, 3.8) is 0 Å². The number of benzene rings is 2. The highest BCUT2D eigenvalue weighted by molar-refractivity contribution is 5.78. The van der Waals surface area contributed by atoms with Crippen LogP contribution in [-0.4, -0.2) is 22.0 Å². The molecule has 3 rings (SSSR count). The van der Waals surface area contributed by atoms with E-state index >= 15 is 0 Å². The second-order valence-electron chi connectivity index (χ2n) is 5.68. The molecular formula is C20H19N3O2. The van der Waals surface area contributed by atoms with Gasteiger partial charge in [0.2, 0.25) is 5.91 Å². The third kappa shape index (κ3) is 4.64. The van der Waals surface area contributed by atoms with Gasteiger partial charge >= 0.3 is 0 Å². The Morgan fingerprint density at radius 3 is 2.36 bits per heavy atom. The van der Waals surface area contributed by atoms with Gasteiger partial charge in [0.1, 0.15) is 0 Å². The Kier molecular flexibility index (Phi) is 5.36. The zero-order chi connectivity index (χ0) is 17.5. The molecular weight excluding hydrogens is 314 g/mol. The first kappa shape index (κ1) is 16.6. The van der Waals surface area contributed by atoms with Crippen LogP contribution in [0.4, 0.5) is 0 Å². The van der Waals surface area contributed by atoms with Gasteiger partial charge in [-0.1, -0.05) is 60.7 Å². The number of hydrogen-bond donors (Lipinski definition) is 1. The maximum Gasteiger partial charge on any atom is 0.253 e. The number of nitrogens with one attached hydrogen (secondary N) is 1. The van der Waals surface area contributed by atoms with Crippen molar-refractivity contribution in [2.75, 3.05) is 6.54 Å². The fourth-order valence-corrected chi connectivity index (χ4v) is 2.52. The molecule has 0 aliphatic carbocycles. The summed E-state index contributed by atoms with van der Waals surface area (Å²) in [4.78, 5) is 28.4. The molecule has 2 aromatic carbocycles. The van der Waals surface area contributed by atoms with Gasteiger partial charge in [0.25, 0.3) is 5.56 Å². The Hall–Kier alpha value is -3.21. The molecule has 0 aliphatic heterocycles. The Bertz CT molecular complexity index is 890. The number of nitrogens with zero attached hydrogens (tertiary/aromatic N) is 2. The van der Waals surface area contributed by atoms with E-state index in [0.717, 1.165) is 11.1 Å². The molecule has 0 unspecified atom stereocenters. The molecule has 0 spiro atoms. The van der Waals surface area contributed by atoms with E-state index in [-0.39, 0.29) is 11.5 Å². The van der Waals surface area contributed by atoms with Crippen LogP contribution in [0.2, 0.25) is 0 Å². The van der Waals surface area contributed by atoms with Crippen LogP contribution in [0.25, 0.3) is 11.3 Å². The lowest BCUT2D eigenvalue weighted by Gasteiger charge is -2.08. The van der Waals surface area contributed by atoms with Gasteiger partial charge in [-0.2, -0.15) is 0 Å². The van der Waals surface area contributed by atoms with Crippen molar-refractivity contribution in [3.05, 3.63) is 89.0 Å². The fourth-order valence-electron chi connectivity index (χ4n) is 2.52. The second kappa shape index (κ2) is 8.06. The highest BCUT2D eigenvalue weighted by Crippen LogP contribution is 2.13. The lowest BCUT2D eigenvalue weighted by molar-refractivity contribution is -0.120. The molecule has 0 fully saturated rings. The average Bonchev–Trinajstić information content (AvgIpc) is 2.64. The summed E-state index contributed by atoms with van der Waals surface area (Å²) >= 11 is 0. The van der Waals surface area contributed by atoms with Crippen molar-refractivity contribution in [2.45, 2.75) is 13.0 Å². The molecule has 3 aromatic rings. The molecule has 0 saturated carbocycles. The van der Waals surface area contributed by atoms with Gasteiger partial charge in [0.15, 0.2) is 0 Å². The summed E-state index contributed by atoms with van der Waals surface area (Å²) in [5.41, 5.74) is 2.38. The number of aromatic nitrogens is 2. The monoisotopic (exact) mass is 333 g/mol. The summed E-state index contributed by atoms with van der Waals surface area (Å²) in [6.45, 7) is 0.777. The molecule has 126 valence electrons. The minimum Gasteiger partial charge on any atom is -0.354 e. The smallest absolute Gasteiger partial charge is 0.253 e. The number of carbonyl (C=O) groups excluding carboxylic acids is 1. The zero-order valence-corrected chi connectivity index (χ0v) is 13.8. The molecule has 0 aliphatic rings. The lowest BCUT2D eigenvalue weighted by Crippen LogP contribution is -2.31. The number of carbonyl (C=O) groups is 1. The van der Waals surface area contributed by atoms with Crippen molar-refractivity contribution in [3.8, 4) is 11.3 Å². The van der Waals surface area contributed by atoms with E-state index in [1.165, 1.54) is 17.0 Å².